The molecule has 0 saturated heterocycles. The predicted molar refractivity (Wildman–Crippen MR) is 91.2 cm³/mol. The first-order valence-electron chi connectivity index (χ1n) is 7.42. The lowest BCUT2D eigenvalue weighted by Gasteiger charge is -2.12. The number of carbonyl (C=O) groups is 2. The lowest BCUT2D eigenvalue weighted by Crippen LogP contribution is -2.26. The highest BCUT2D eigenvalue weighted by molar-refractivity contribution is 6.31. The topological polar surface area (TPSA) is 64.6 Å². The fourth-order valence-electron chi connectivity index (χ4n) is 2.03. The first-order valence-corrected chi connectivity index (χ1v) is 7.80. The fourth-order valence-corrected chi connectivity index (χ4v) is 2.22. The second-order valence-corrected chi connectivity index (χ2v) is 5.37. The number of benzene rings is 2. The summed E-state index contributed by atoms with van der Waals surface area (Å²) in [6, 6.07) is 14.3. The number of ether oxygens (including phenoxy) is 2. The smallest absolute Gasteiger partial charge is 0.307 e. The number of methoxy groups -OCH3 is 1. The molecule has 0 unspecified atom stereocenters. The Morgan fingerprint density at radius 3 is 2.54 bits per heavy atom. The molecular formula is C18H18ClNO4. The molecule has 0 bridgehead atoms. The lowest BCUT2D eigenvalue weighted by atomic mass is 10.2. The Kier molecular flexibility index (Phi) is 6.63. The summed E-state index contributed by atoms with van der Waals surface area (Å²) in [5, 5.41) is 3.28. The van der Waals surface area contributed by atoms with Gasteiger partial charge in [0.2, 0.25) is 0 Å². The van der Waals surface area contributed by atoms with Crippen molar-refractivity contribution in [2.24, 2.45) is 0 Å². The van der Waals surface area contributed by atoms with Crippen LogP contribution in [-0.4, -0.2) is 25.5 Å². The molecule has 0 spiro atoms. The van der Waals surface area contributed by atoms with E-state index >= 15 is 0 Å². The van der Waals surface area contributed by atoms with Gasteiger partial charge in [-0.1, -0.05) is 41.9 Å². The zero-order valence-electron chi connectivity index (χ0n) is 13.3. The molecule has 0 atom stereocenters. The van der Waals surface area contributed by atoms with Crippen LogP contribution in [0.15, 0.2) is 48.5 Å². The van der Waals surface area contributed by atoms with Crippen molar-refractivity contribution >= 4 is 23.5 Å². The highest BCUT2D eigenvalue weighted by Crippen LogP contribution is 2.22. The van der Waals surface area contributed by atoms with Gasteiger partial charge >= 0.3 is 5.97 Å². The van der Waals surface area contributed by atoms with E-state index in [-0.39, 0.29) is 31.4 Å². The van der Waals surface area contributed by atoms with Gasteiger partial charge in [0, 0.05) is 17.1 Å². The van der Waals surface area contributed by atoms with E-state index in [2.05, 4.69) is 10.1 Å². The van der Waals surface area contributed by atoms with Crippen LogP contribution in [0.4, 0.5) is 0 Å². The number of hydrogen-bond acceptors (Lipinski definition) is 4. The van der Waals surface area contributed by atoms with Crippen molar-refractivity contribution in [1.82, 2.24) is 5.32 Å². The number of esters is 1. The zero-order valence-corrected chi connectivity index (χ0v) is 14.0. The van der Waals surface area contributed by atoms with E-state index in [9.17, 15) is 9.59 Å². The van der Waals surface area contributed by atoms with Crippen LogP contribution in [-0.2, 0) is 16.1 Å². The van der Waals surface area contributed by atoms with Gasteiger partial charge in [-0.2, -0.15) is 0 Å². The van der Waals surface area contributed by atoms with Gasteiger partial charge in [0.15, 0.2) is 0 Å². The van der Waals surface area contributed by atoms with Crippen LogP contribution in [0.1, 0.15) is 22.3 Å². The van der Waals surface area contributed by atoms with Crippen molar-refractivity contribution in [3.8, 4) is 5.75 Å². The van der Waals surface area contributed by atoms with E-state index in [0.717, 1.165) is 5.56 Å². The minimum absolute atomic E-state index is 0.116. The summed E-state index contributed by atoms with van der Waals surface area (Å²) in [5.74, 6) is -0.236. The molecule has 1 N–H and O–H groups in total. The monoisotopic (exact) mass is 347 g/mol. The minimum atomic E-state index is -0.376. The van der Waals surface area contributed by atoms with E-state index in [4.69, 9.17) is 16.3 Å². The molecule has 2 rings (SSSR count). The third kappa shape index (κ3) is 4.99. The van der Waals surface area contributed by atoms with E-state index in [1.54, 1.807) is 30.3 Å². The Balaban J connectivity index is 2.00. The summed E-state index contributed by atoms with van der Waals surface area (Å²) in [7, 11) is 1.31. The number of carbonyl (C=O) groups excluding carboxylic acids is 2. The van der Waals surface area contributed by atoms with Gasteiger partial charge in [-0.15, -0.1) is 0 Å². The van der Waals surface area contributed by atoms with E-state index in [1.807, 2.05) is 18.2 Å². The number of rotatable bonds is 7. The van der Waals surface area contributed by atoms with Gasteiger partial charge in [0.1, 0.15) is 12.4 Å². The first kappa shape index (κ1) is 17.8. The molecule has 126 valence electrons. The van der Waals surface area contributed by atoms with E-state index < -0.39 is 0 Å². The highest BCUT2D eigenvalue weighted by Gasteiger charge is 2.13. The molecule has 0 aromatic heterocycles. The molecule has 6 heteroatoms. The van der Waals surface area contributed by atoms with Crippen LogP contribution in [0.5, 0.6) is 5.75 Å². The zero-order chi connectivity index (χ0) is 17.4. The Hall–Kier alpha value is -2.53. The predicted octanol–water partition coefficient (Wildman–Crippen LogP) is 3.21. The second kappa shape index (κ2) is 8.93. The average Bonchev–Trinajstić information content (AvgIpc) is 2.61. The van der Waals surface area contributed by atoms with Crippen molar-refractivity contribution in [1.29, 1.82) is 0 Å². The summed E-state index contributed by atoms with van der Waals surface area (Å²) >= 11 is 6.10. The average molecular weight is 348 g/mol. The molecule has 24 heavy (non-hydrogen) atoms. The van der Waals surface area contributed by atoms with Gasteiger partial charge in [0.05, 0.1) is 19.1 Å². The SMILES string of the molecule is COC(=O)CCNC(=O)c1ccccc1OCc1ccccc1Cl. The largest absolute Gasteiger partial charge is 0.488 e. The van der Waals surface area contributed by atoms with Gasteiger partial charge in [0.25, 0.3) is 5.91 Å². The molecule has 2 aromatic rings. The third-order valence-electron chi connectivity index (χ3n) is 3.32. The standard InChI is InChI=1S/C18H18ClNO4/c1-23-17(21)10-11-20-18(22)14-7-3-5-9-16(14)24-12-13-6-2-4-8-15(13)19/h2-9H,10-12H2,1H3,(H,20,22). The number of hydrogen-bond donors (Lipinski definition) is 1. The molecule has 0 aliphatic heterocycles. The number of nitrogens with one attached hydrogen (secondary N) is 1. The van der Waals surface area contributed by atoms with Gasteiger partial charge < -0.3 is 14.8 Å². The number of amides is 1. The molecule has 5 nitrogen and oxygen atoms in total. The fraction of sp³-hybridized carbons (Fsp3) is 0.222. The molecule has 0 fully saturated rings. The Labute approximate surface area is 145 Å². The molecule has 0 aliphatic rings. The van der Waals surface area contributed by atoms with Gasteiger partial charge in [-0.3, -0.25) is 9.59 Å². The number of halogens is 1. The molecule has 0 radical (unpaired) electrons. The van der Waals surface area contributed by atoms with Crippen LogP contribution in [0.3, 0.4) is 0 Å². The molecular weight excluding hydrogens is 330 g/mol. The highest BCUT2D eigenvalue weighted by atomic mass is 35.5. The number of para-hydroxylation sites is 1. The maximum absolute atomic E-state index is 12.2. The molecule has 0 heterocycles. The van der Waals surface area contributed by atoms with Crippen LogP contribution in [0.25, 0.3) is 0 Å². The van der Waals surface area contributed by atoms with Crippen LogP contribution >= 0.6 is 11.6 Å². The van der Waals surface area contributed by atoms with Gasteiger partial charge in [-0.05, 0) is 18.2 Å². The summed E-state index contributed by atoms with van der Waals surface area (Å²) < 4.78 is 10.3. The molecule has 0 saturated carbocycles. The van der Waals surface area contributed by atoms with E-state index in [0.29, 0.717) is 16.3 Å². The molecule has 1 amide bonds. The lowest BCUT2D eigenvalue weighted by molar-refractivity contribution is -0.140. The quantitative estimate of drug-likeness (QED) is 0.781. The van der Waals surface area contributed by atoms with Gasteiger partial charge in [-0.25, -0.2) is 0 Å². The summed E-state index contributed by atoms with van der Waals surface area (Å²) in [6.45, 7) is 0.455. The summed E-state index contributed by atoms with van der Waals surface area (Å²) in [6.07, 6.45) is 0.116. The normalized spacial score (nSPS) is 10.1. The first-order chi connectivity index (χ1) is 11.6. The van der Waals surface area contributed by atoms with Crippen LogP contribution in [0, 0.1) is 0 Å². The second-order valence-electron chi connectivity index (χ2n) is 4.96. The third-order valence-corrected chi connectivity index (χ3v) is 3.68. The maximum Gasteiger partial charge on any atom is 0.307 e. The van der Waals surface area contributed by atoms with Crippen molar-refractivity contribution < 1.29 is 19.1 Å². The Bertz CT molecular complexity index is 718. The molecule has 0 aliphatic carbocycles. The summed E-state index contributed by atoms with van der Waals surface area (Å²) in [4.78, 5) is 23.3. The van der Waals surface area contributed by atoms with Crippen LogP contribution < -0.4 is 10.1 Å². The molecule has 2 aromatic carbocycles. The Morgan fingerprint density at radius 2 is 1.79 bits per heavy atom. The van der Waals surface area contributed by atoms with E-state index in [1.165, 1.54) is 7.11 Å². The van der Waals surface area contributed by atoms with Crippen molar-refractivity contribution in [3.05, 3.63) is 64.7 Å². The van der Waals surface area contributed by atoms with Crippen molar-refractivity contribution in [2.45, 2.75) is 13.0 Å². The van der Waals surface area contributed by atoms with Crippen LogP contribution in [0.2, 0.25) is 5.02 Å². The van der Waals surface area contributed by atoms with Crippen molar-refractivity contribution in [3.63, 3.8) is 0 Å². The summed E-state index contributed by atoms with van der Waals surface area (Å²) in [5.41, 5.74) is 1.23. The maximum atomic E-state index is 12.2. The minimum Gasteiger partial charge on any atom is -0.488 e. The Morgan fingerprint density at radius 1 is 1.08 bits per heavy atom. The van der Waals surface area contributed by atoms with Crippen molar-refractivity contribution in [2.75, 3.05) is 13.7 Å².